The number of hydrogen-bond acceptors (Lipinski definition) is 4. The van der Waals surface area contributed by atoms with E-state index in [-0.39, 0.29) is 5.92 Å². The number of aromatic nitrogens is 2. The lowest BCUT2D eigenvalue weighted by molar-refractivity contribution is 0.366. The highest BCUT2D eigenvalue weighted by atomic mass is 16.5. The molecule has 0 aliphatic carbocycles. The summed E-state index contributed by atoms with van der Waals surface area (Å²) in [6, 6.07) is 7.44. The van der Waals surface area contributed by atoms with Crippen LogP contribution in [0, 0.1) is 0 Å². The first-order valence-corrected chi connectivity index (χ1v) is 6.17. The molecule has 0 aliphatic heterocycles. The zero-order valence-electron chi connectivity index (χ0n) is 11.7. The number of nitrogens with zero attached hydrogens (tertiary/aromatic N) is 2. The van der Waals surface area contributed by atoms with Crippen LogP contribution in [0.25, 0.3) is 0 Å². The fourth-order valence-electron chi connectivity index (χ4n) is 1.90. The van der Waals surface area contributed by atoms with Gasteiger partial charge in [-0.2, -0.15) is 5.10 Å². The van der Waals surface area contributed by atoms with Gasteiger partial charge in [0, 0.05) is 7.05 Å². The molecule has 0 aliphatic rings. The average molecular weight is 261 g/mol. The van der Waals surface area contributed by atoms with E-state index in [1.807, 2.05) is 45.2 Å². The van der Waals surface area contributed by atoms with E-state index in [1.54, 1.807) is 11.8 Å². The molecule has 0 atom stereocenters. The number of rotatable bonds is 4. The highest BCUT2D eigenvalue weighted by Gasteiger charge is 2.18. The summed E-state index contributed by atoms with van der Waals surface area (Å²) in [5.41, 5.74) is 7.51. The third-order valence-electron chi connectivity index (χ3n) is 2.88. The van der Waals surface area contributed by atoms with Crippen LogP contribution in [0.15, 0.2) is 24.3 Å². The molecule has 5 heteroatoms. The van der Waals surface area contributed by atoms with Crippen LogP contribution in [0.2, 0.25) is 0 Å². The second-order valence-corrected chi connectivity index (χ2v) is 4.64. The number of benzene rings is 1. The van der Waals surface area contributed by atoms with Crippen molar-refractivity contribution in [3.63, 3.8) is 0 Å². The van der Waals surface area contributed by atoms with E-state index < -0.39 is 0 Å². The Bertz CT molecular complexity index is 576. The standard InChI is InChI=1S/C14H19N3O2/c1-9(2)13-12(15)14(17(3)16-13)19-11-8-6-5-7-10(11)18-4/h5-9H,15H2,1-4H3. The summed E-state index contributed by atoms with van der Waals surface area (Å²) in [5, 5.41) is 4.39. The molecule has 102 valence electrons. The highest BCUT2D eigenvalue weighted by molar-refractivity contribution is 5.56. The smallest absolute Gasteiger partial charge is 0.241 e. The molecular formula is C14H19N3O2. The molecule has 0 unspecified atom stereocenters. The number of aryl methyl sites for hydroxylation is 1. The summed E-state index contributed by atoms with van der Waals surface area (Å²) in [6.45, 7) is 4.09. The molecule has 0 fully saturated rings. The summed E-state index contributed by atoms with van der Waals surface area (Å²) in [5.74, 6) is 2.07. The van der Waals surface area contributed by atoms with Crippen LogP contribution in [0.3, 0.4) is 0 Å². The predicted molar refractivity (Wildman–Crippen MR) is 74.8 cm³/mol. The Kier molecular flexibility index (Phi) is 3.64. The van der Waals surface area contributed by atoms with Gasteiger partial charge in [0.1, 0.15) is 5.69 Å². The third kappa shape index (κ3) is 2.50. The van der Waals surface area contributed by atoms with Crippen LogP contribution in [0.4, 0.5) is 5.69 Å². The zero-order chi connectivity index (χ0) is 14.0. The molecule has 0 radical (unpaired) electrons. The number of nitrogens with two attached hydrogens (primary N) is 1. The van der Waals surface area contributed by atoms with E-state index in [0.29, 0.717) is 23.1 Å². The van der Waals surface area contributed by atoms with Crippen LogP contribution >= 0.6 is 0 Å². The maximum Gasteiger partial charge on any atom is 0.241 e. The molecule has 0 spiro atoms. The average Bonchev–Trinajstić information content (AvgIpc) is 2.67. The lowest BCUT2D eigenvalue weighted by atomic mass is 10.1. The summed E-state index contributed by atoms with van der Waals surface area (Å²) >= 11 is 0. The van der Waals surface area contributed by atoms with Crippen molar-refractivity contribution in [2.24, 2.45) is 7.05 Å². The number of ether oxygens (including phenoxy) is 2. The first-order valence-electron chi connectivity index (χ1n) is 6.17. The fraction of sp³-hybridized carbons (Fsp3) is 0.357. The minimum absolute atomic E-state index is 0.251. The Hall–Kier alpha value is -2.17. The van der Waals surface area contributed by atoms with Crippen LogP contribution < -0.4 is 15.2 Å². The van der Waals surface area contributed by atoms with E-state index in [2.05, 4.69) is 5.10 Å². The summed E-state index contributed by atoms with van der Waals surface area (Å²) in [6.07, 6.45) is 0. The SMILES string of the molecule is COc1ccccc1Oc1c(N)c(C(C)C)nn1C. The van der Waals surface area contributed by atoms with Crippen LogP contribution in [-0.4, -0.2) is 16.9 Å². The molecule has 0 saturated carbocycles. The Morgan fingerprint density at radius 1 is 1.21 bits per heavy atom. The van der Waals surface area contributed by atoms with Crippen molar-refractivity contribution in [2.45, 2.75) is 19.8 Å². The normalized spacial score (nSPS) is 10.8. The molecule has 2 rings (SSSR count). The number of methoxy groups -OCH3 is 1. The molecule has 0 bridgehead atoms. The highest BCUT2D eigenvalue weighted by Crippen LogP contribution is 2.36. The molecule has 1 aromatic carbocycles. The van der Waals surface area contributed by atoms with Crippen LogP contribution in [0.5, 0.6) is 17.4 Å². The Balaban J connectivity index is 2.38. The summed E-state index contributed by atoms with van der Waals surface area (Å²) in [4.78, 5) is 0. The molecule has 2 aromatic rings. The van der Waals surface area contributed by atoms with Crippen molar-refractivity contribution in [2.75, 3.05) is 12.8 Å². The fourth-order valence-corrected chi connectivity index (χ4v) is 1.90. The maximum absolute atomic E-state index is 6.10. The van der Waals surface area contributed by atoms with Gasteiger partial charge < -0.3 is 15.2 Å². The van der Waals surface area contributed by atoms with Crippen molar-refractivity contribution in [1.29, 1.82) is 0 Å². The minimum atomic E-state index is 0.251. The monoisotopic (exact) mass is 261 g/mol. The van der Waals surface area contributed by atoms with E-state index in [1.165, 1.54) is 0 Å². The zero-order valence-corrected chi connectivity index (χ0v) is 11.7. The lowest BCUT2D eigenvalue weighted by Crippen LogP contribution is -1.98. The van der Waals surface area contributed by atoms with Gasteiger partial charge in [0.05, 0.1) is 12.8 Å². The van der Waals surface area contributed by atoms with Gasteiger partial charge in [-0.05, 0) is 18.1 Å². The van der Waals surface area contributed by atoms with Gasteiger partial charge in [0.2, 0.25) is 5.88 Å². The van der Waals surface area contributed by atoms with Gasteiger partial charge in [-0.1, -0.05) is 26.0 Å². The van der Waals surface area contributed by atoms with Crippen molar-refractivity contribution in [3.05, 3.63) is 30.0 Å². The van der Waals surface area contributed by atoms with Gasteiger partial charge >= 0.3 is 0 Å². The molecule has 0 amide bonds. The minimum Gasteiger partial charge on any atom is -0.493 e. The Morgan fingerprint density at radius 3 is 2.37 bits per heavy atom. The van der Waals surface area contributed by atoms with Gasteiger partial charge in [-0.3, -0.25) is 0 Å². The third-order valence-corrected chi connectivity index (χ3v) is 2.88. The number of hydrogen-bond donors (Lipinski definition) is 1. The number of anilines is 1. The Labute approximate surface area is 112 Å². The topological polar surface area (TPSA) is 62.3 Å². The second-order valence-electron chi connectivity index (χ2n) is 4.64. The Morgan fingerprint density at radius 2 is 1.84 bits per heavy atom. The molecule has 2 N–H and O–H groups in total. The molecule has 5 nitrogen and oxygen atoms in total. The summed E-state index contributed by atoms with van der Waals surface area (Å²) < 4.78 is 12.7. The van der Waals surface area contributed by atoms with Crippen molar-refractivity contribution in [3.8, 4) is 17.4 Å². The van der Waals surface area contributed by atoms with E-state index in [4.69, 9.17) is 15.2 Å². The second kappa shape index (κ2) is 5.22. The molecule has 19 heavy (non-hydrogen) atoms. The predicted octanol–water partition coefficient (Wildman–Crippen LogP) is 2.93. The quantitative estimate of drug-likeness (QED) is 0.919. The van der Waals surface area contributed by atoms with E-state index in [0.717, 1.165) is 5.69 Å². The molecule has 1 heterocycles. The molecule has 0 saturated heterocycles. The van der Waals surface area contributed by atoms with E-state index in [9.17, 15) is 0 Å². The van der Waals surface area contributed by atoms with Crippen LogP contribution in [0.1, 0.15) is 25.5 Å². The van der Waals surface area contributed by atoms with Gasteiger partial charge in [0.15, 0.2) is 11.5 Å². The van der Waals surface area contributed by atoms with Gasteiger partial charge in [0.25, 0.3) is 0 Å². The van der Waals surface area contributed by atoms with E-state index >= 15 is 0 Å². The maximum atomic E-state index is 6.10. The lowest BCUT2D eigenvalue weighted by Gasteiger charge is -2.10. The van der Waals surface area contributed by atoms with Gasteiger partial charge in [-0.15, -0.1) is 0 Å². The van der Waals surface area contributed by atoms with Crippen LogP contribution in [-0.2, 0) is 7.05 Å². The number of nitrogen functional groups attached to an aromatic ring is 1. The number of para-hydroxylation sites is 2. The van der Waals surface area contributed by atoms with Gasteiger partial charge in [-0.25, -0.2) is 4.68 Å². The first kappa shape index (κ1) is 13.3. The largest absolute Gasteiger partial charge is 0.493 e. The molecular weight excluding hydrogens is 242 g/mol. The van der Waals surface area contributed by atoms with Crippen molar-refractivity contribution < 1.29 is 9.47 Å². The van der Waals surface area contributed by atoms with Crippen molar-refractivity contribution in [1.82, 2.24) is 9.78 Å². The molecule has 1 aromatic heterocycles. The van der Waals surface area contributed by atoms with Crippen molar-refractivity contribution >= 4 is 5.69 Å². The summed E-state index contributed by atoms with van der Waals surface area (Å²) in [7, 11) is 3.42. The first-order chi connectivity index (χ1) is 9.04.